The zero-order valence-electron chi connectivity index (χ0n) is 8.79. The third-order valence-corrected chi connectivity index (χ3v) is 3.16. The van der Waals surface area contributed by atoms with Crippen LogP contribution in [0.15, 0.2) is 18.3 Å². The largest absolute Gasteiger partial charge is 0.493 e. The van der Waals surface area contributed by atoms with Crippen LogP contribution in [0.2, 0.25) is 0 Å². The van der Waals surface area contributed by atoms with Gasteiger partial charge in [-0.1, -0.05) is 12.8 Å². The quantitative estimate of drug-likeness (QED) is 0.733. The Morgan fingerprint density at radius 3 is 2.93 bits per heavy atom. The molecular formula is C12H16ClNO. The van der Waals surface area contributed by atoms with Gasteiger partial charge in [-0.05, 0) is 24.8 Å². The van der Waals surface area contributed by atoms with E-state index in [1.807, 2.05) is 12.1 Å². The van der Waals surface area contributed by atoms with Crippen LogP contribution in [-0.4, -0.2) is 11.6 Å². The summed E-state index contributed by atoms with van der Waals surface area (Å²) in [5, 5.41) is 0. The highest BCUT2D eigenvalue weighted by atomic mass is 35.5. The molecule has 1 saturated carbocycles. The molecule has 1 aliphatic rings. The summed E-state index contributed by atoms with van der Waals surface area (Å²) in [6.45, 7) is 0.839. The number of nitrogens with zero attached hydrogens (tertiary/aromatic N) is 1. The van der Waals surface area contributed by atoms with E-state index in [-0.39, 0.29) is 0 Å². The summed E-state index contributed by atoms with van der Waals surface area (Å²) in [5.74, 6) is 2.09. The fraction of sp³-hybridized carbons (Fsp3) is 0.583. The van der Waals surface area contributed by atoms with Crippen LogP contribution in [-0.2, 0) is 5.88 Å². The number of hydrogen-bond acceptors (Lipinski definition) is 2. The number of alkyl halides is 1. The first-order chi connectivity index (χ1) is 7.38. The van der Waals surface area contributed by atoms with E-state index in [0.29, 0.717) is 5.88 Å². The van der Waals surface area contributed by atoms with Crippen molar-refractivity contribution < 1.29 is 4.74 Å². The second kappa shape index (κ2) is 5.36. The van der Waals surface area contributed by atoms with Crippen molar-refractivity contribution in [3.8, 4) is 5.75 Å². The van der Waals surface area contributed by atoms with Crippen LogP contribution in [0.3, 0.4) is 0 Å². The molecular weight excluding hydrogens is 210 g/mol. The van der Waals surface area contributed by atoms with Crippen molar-refractivity contribution in [1.29, 1.82) is 0 Å². The first-order valence-electron chi connectivity index (χ1n) is 5.52. The molecule has 15 heavy (non-hydrogen) atoms. The van der Waals surface area contributed by atoms with Gasteiger partial charge in [-0.15, -0.1) is 11.6 Å². The maximum Gasteiger partial charge on any atom is 0.122 e. The van der Waals surface area contributed by atoms with Crippen LogP contribution >= 0.6 is 11.6 Å². The summed E-state index contributed by atoms with van der Waals surface area (Å²) < 4.78 is 5.73. The third-order valence-electron chi connectivity index (χ3n) is 2.89. The molecule has 82 valence electrons. The molecule has 0 unspecified atom stereocenters. The van der Waals surface area contributed by atoms with E-state index in [0.717, 1.165) is 24.0 Å². The van der Waals surface area contributed by atoms with Crippen molar-refractivity contribution in [3.05, 3.63) is 24.0 Å². The third kappa shape index (κ3) is 3.10. The average molecular weight is 226 g/mol. The van der Waals surface area contributed by atoms with Crippen LogP contribution in [0, 0.1) is 5.92 Å². The van der Waals surface area contributed by atoms with Crippen LogP contribution in [0.5, 0.6) is 5.75 Å². The number of halogens is 1. The first-order valence-corrected chi connectivity index (χ1v) is 6.05. The van der Waals surface area contributed by atoms with Crippen molar-refractivity contribution in [2.45, 2.75) is 31.6 Å². The minimum atomic E-state index is 0.445. The van der Waals surface area contributed by atoms with E-state index in [9.17, 15) is 0 Å². The van der Waals surface area contributed by atoms with Gasteiger partial charge in [-0.2, -0.15) is 0 Å². The molecule has 0 N–H and O–H groups in total. The Morgan fingerprint density at radius 2 is 2.20 bits per heavy atom. The predicted molar refractivity (Wildman–Crippen MR) is 61.2 cm³/mol. The molecule has 1 heterocycles. The predicted octanol–water partition coefficient (Wildman–Crippen LogP) is 3.39. The van der Waals surface area contributed by atoms with Crippen molar-refractivity contribution in [3.63, 3.8) is 0 Å². The lowest BCUT2D eigenvalue weighted by molar-refractivity contribution is 0.252. The highest BCUT2D eigenvalue weighted by Gasteiger charge is 2.15. The van der Waals surface area contributed by atoms with Crippen molar-refractivity contribution >= 4 is 11.6 Å². The Balaban J connectivity index is 1.86. The zero-order chi connectivity index (χ0) is 10.5. The van der Waals surface area contributed by atoms with Gasteiger partial charge in [0.1, 0.15) is 5.75 Å². The lowest BCUT2D eigenvalue weighted by atomic mass is 10.1. The Hall–Kier alpha value is -0.760. The van der Waals surface area contributed by atoms with Crippen molar-refractivity contribution in [2.24, 2.45) is 5.92 Å². The molecule has 0 saturated heterocycles. The number of pyridine rings is 1. The Kier molecular flexibility index (Phi) is 3.84. The van der Waals surface area contributed by atoms with Crippen molar-refractivity contribution in [1.82, 2.24) is 4.98 Å². The van der Waals surface area contributed by atoms with Gasteiger partial charge in [0.25, 0.3) is 0 Å². The van der Waals surface area contributed by atoms with Crippen LogP contribution in [0.1, 0.15) is 31.4 Å². The number of ether oxygens (including phenoxy) is 1. The van der Waals surface area contributed by atoms with E-state index in [4.69, 9.17) is 16.3 Å². The minimum Gasteiger partial charge on any atom is -0.493 e. The SMILES string of the molecule is ClCc1cc(OCC2CCCC2)ccn1. The maximum atomic E-state index is 5.73. The summed E-state index contributed by atoms with van der Waals surface area (Å²) in [6.07, 6.45) is 7.09. The van der Waals surface area contributed by atoms with Crippen LogP contribution < -0.4 is 4.74 Å². The molecule has 1 aromatic rings. The molecule has 0 bridgehead atoms. The number of rotatable bonds is 4. The van der Waals surface area contributed by atoms with Gasteiger partial charge in [-0.25, -0.2) is 0 Å². The molecule has 0 aliphatic heterocycles. The molecule has 0 spiro atoms. The molecule has 0 atom stereocenters. The number of aromatic nitrogens is 1. The monoisotopic (exact) mass is 225 g/mol. The second-order valence-corrected chi connectivity index (χ2v) is 4.35. The zero-order valence-corrected chi connectivity index (χ0v) is 9.54. The van der Waals surface area contributed by atoms with Crippen molar-refractivity contribution in [2.75, 3.05) is 6.61 Å². The summed E-state index contributed by atoms with van der Waals surface area (Å²) >= 11 is 5.71. The molecule has 0 radical (unpaired) electrons. The molecule has 1 aliphatic carbocycles. The highest BCUT2D eigenvalue weighted by molar-refractivity contribution is 6.16. The van der Waals surface area contributed by atoms with Gasteiger partial charge in [0.05, 0.1) is 18.2 Å². The smallest absolute Gasteiger partial charge is 0.122 e. The topological polar surface area (TPSA) is 22.1 Å². The maximum absolute atomic E-state index is 5.73. The van der Waals surface area contributed by atoms with E-state index >= 15 is 0 Å². The van der Waals surface area contributed by atoms with Gasteiger partial charge in [-0.3, -0.25) is 4.98 Å². The lowest BCUT2D eigenvalue weighted by Gasteiger charge is -2.11. The summed E-state index contributed by atoms with van der Waals surface area (Å²) in [7, 11) is 0. The lowest BCUT2D eigenvalue weighted by Crippen LogP contribution is -2.08. The highest BCUT2D eigenvalue weighted by Crippen LogP contribution is 2.25. The fourth-order valence-electron chi connectivity index (χ4n) is 2.01. The average Bonchev–Trinajstić information content (AvgIpc) is 2.79. The first kappa shape index (κ1) is 10.7. The van der Waals surface area contributed by atoms with Crippen LogP contribution in [0.4, 0.5) is 0 Å². The summed E-state index contributed by atoms with van der Waals surface area (Å²) in [4.78, 5) is 4.13. The molecule has 2 nitrogen and oxygen atoms in total. The summed E-state index contributed by atoms with van der Waals surface area (Å²) in [6, 6.07) is 3.81. The molecule has 1 fully saturated rings. The van der Waals surface area contributed by atoms with Gasteiger partial charge in [0.15, 0.2) is 0 Å². The van der Waals surface area contributed by atoms with E-state index in [1.54, 1.807) is 6.20 Å². The normalized spacial score (nSPS) is 16.9. The number of hydrogen-bond donors (Lipinski definition) is 0. The fourth-order valence-corrected chi connectivity index (χ4v) is 2.16. The van der Waals surface area contributed by atoms with E-state index in [1.165, 1.54) is 25.7 Å². The van der Waals surface area contributed by atoms with Gasteiger partial charge in [0.2, 0.25) is 0 Å². The minimum absolute atomic E-state index is 0.445. The molecule has 3 heteroatoms. The Morgan fingerprint density at radius 1 is 1.40 bits per heavy atom. The molecule has 0 amide bonds. The van der Waals surface area contributed by atoms with Gasteiger partial charge < -0.3 is 4.74 Å². The van der Waals surface area contributed by atoms with Gasteiger partial charge in [0, 0.05) is 12.3 Å². The Bertz CT molecular complexity index is 310. The standard InChI is InChI=1S/C12H16ClNO/c13-8-11-7-12(5-6-14-11)15-9-10-3-1-2-4-10/h5-7,10H,1-4,8-9H2. The summed E-state index contributed by atoms with van der Waals surface area (Å²) in [5.41, 5.74) is 0.876. The Labute approximate surface area is 95.6 Å². The molecule has 0 aromatic carbocycles. The van der Waals surface area contributed by atoms with Crippen LogP contribution in [0.25, 0.3) is 0 Å². The molecule has 2 rings (SSSR count). The second-order valence-electron chi connectivity index (χ2n) is 4.08. The van der Waals surface area contributed by atoms with Gasteiger partial charge >= 0.3 is 0 Å². The van der Waals surface area contributed by atoms with E-state index in [2.05, 4.69) is 4.98 Å². The van der Waals surface area contributed by atoms with E-state index < -0.39 is 0 Å². The molecule has 1 aromatic heterocycles.